The highest BCUT2D eigenvalue weighted by Crippen LogP contribution is 2.23. The topological polar surface area (TPSA) is 45.8 Å². The van der Waals surface area contributed by atoms with E-state index in [0.717, 1.165) is 4.47 Å². The minimum atomic E-state index is -0.426. The summed E-state index contributed by atoms with van der Waals surface area (Å²) in [6.45, 7) is 0. The first-order chi connectivity index (χ1) is 9.15. The Morgan fingerprint density at radius 3 is 2.95 bits per heavy atom. The molecule has 2 heterocycles. The minimum absolute atomic E-state index is 0.231. The summed E-state index contributed by atoms with van der Waals surface area (Å²) in [6.07, 6.45) is 3.24. The maximum Gasteiger partial charge on any atom is 0.195 e. The summed E-state index contributed by atoms with van der Waals surface area (Å²) in [4.78, 5) is 19.5. The number of halogens is 2. The molecule has 0 aliphatic carbocycles. The van der Waals surface area contributed by atoms with E-state index in [1.807, 2.05) is 6.07 Å². The number of H-pyrrole nitrogens is 1. The number of hydrogen-bond acceptors (Lipinski definition) is 2. The van der Waals surface area contributed by atoms with E-state index in [9.17, 15) is 9.18 Å². The minimum Gasteiger partial charge on any atom is -0.345 e. The molecule has 3 rings (SSSR count). The maximum absolute atomic E-state index is 13.2. The quantitative estimate of drug-likeness (QED) is 0.732. The van der Waals surface area contributed by atoms with Crippen molar-refractivity contribution in [3.05, 3.63) is 64.1 Å². The highest BCUT2D eigenvalue weighted by Gasteiger charge is 2.15. The van der Waals surface area contributed by atoms with Crippen molar-refractivity contribution in [1.29, 1.82) is 0 Å². The highest BCUT2D eigenvalue weighted by atomic mass is 79.9. The number of benzene rings is 1. The van der Waals surface area contributed by atoms with Crippen molar-refractivity contribution in [1.82, 2.24) is 9.97 Å². The number of nitrogens with zero attached hydrogens (tertiary/aromatic N) is 1. The Hall–Kier alpha value is -2.01. The van der Waals surface area contributed by atoms with E-state index in [-0.39, 0.29) is 5.78 Å². The number of hydrogen-bond donors (Lipinski definition) is 1. The zero-order chi connectivity index (χ0) is 13.4. The molecule has 1 N–H and O–H groups in total. The maximum atomic E-state index is 13.2. The zero-order valence-electron chi connectivity index (χ0n) is 9.65. The average molecular weight is 319 g/mol. The van der Waals surface area contributed by atoms with Gasteiger partial charge in [0.05, 0.1) is 0 Å². The molecular weight excluding hydrogens is 311 g/mol. The molecular formula is C14H8BrFN2O. The third kappa shape index (κ3) is 2.17. The lowest BCUT2D eigenvalue weighted by Gasteiger charge is -2.00. The van der Waals surface area contributed by atoms with Crippen LogP contribution in [0.15, 0.2) is 47.2 Å². The van der Waals surface area contributed by atoms with Gasteiger partial charge in [0.25, 0.3) is 0 Å². The lowest BCUT2D eigenvalue weighted by Crippen LogP contribution is -2.00. The fourth-order valence-electron chi connectivity index (χ4n) is 1.95. The lowest BCUT2D eigenvalue weighted by atomic mass is 10.0. The fourth-order valence-corrected chi connectivity index (χ4v) is 2.28. The molecule has 2 aromatic heterocycles. The Bertz CT molecular complexity index is 782. The van der Waals surface area contributed by atoms with E-state index >= 15 is 0 Å². The second kappa shape index (κ2) is 4.59. The molecule has 5 heteroatoms. The molecule has 0 unspecified atom stereocenters. The van der Waals surface area contributed by atoms with Gasteiger partial charge in [-0.25, -0.2) is 9.37 Å². The molecule has 3 nitrogen and oxygen atoms in total. The van der Waals surface area contributed by atoms with Crippen LogP contribution < -0.4 is 0 Å². The summed E-state index contributed by atoms with van der Waals surface area (Å²) in [5.41, 5.74) is 1.43. The zero-order valence-corrected chi connectivity index (χ0v) is 11.2. The van der Waals surface area contributed by atoms with E-state index < -0.39 is 5.82 Å². The summed E-state index contributed by atoms with van der Waals surface area (Å²) in [7, 11) is 0. The van der Waals surface area contributed by atoms with Gasteiger partial charge in [0.15, 0.2) is 5.78 Å². The van der Waals surface area contributed by atoms with E-state index in [0.29, 0.717) is 22.2 Å². The van der Waals surface area contributed by atoms with Gasteiger partial charge in [0.1, 0.15) is 11.5 Å². The number of fused-ring (bicyclic) bond motifs is 1. The van der Waals surface area contributed by atoms with Crippen LogP contribution in [0.4, 0.5) is 4.39 Å². The summed E-state index contributed by atoms with van der Waals surface area (Å²) in [6, 6.07) is 7.46. The number of pyridine rings is 1. The van der Waals surface area contributed by atoms with Crippen molar-refractivity contribution in [3.63, 3.8) is 0 Å². The number of carbonyl (C=O) groups is 1. The molecule has 0 fully saturated rings. The van der Waals surface area contributed by atoms with Crippen molar-refractivity contribution in [2.75, 3.05) is 0 Å². The molecule has 1 aromatic carbocycles. The molecule has 0 aliphatic heterocycles. The monoisotopic (exact) mass is 318 g/mol. The van der Waals surface area contributed by atoms with Gasteiger partial charge in [-0.15, -0.1) is 0 Å². The van der Waals surface area contributed by atoms with Crippen LogP contribution in [-0.2, 0) is 0 Å². The first-order valence-corrected chi connectivity index (χ1v) is 6.37. The van der Waals surface area contributed by atoms with Crippen LogP contribution in [0.2, 0.25) is 0 Å². The van der Waals surface area contributed by atoms with Gasteiger partial charge in [-0.05, 0) is 34.1 Å². The number of nitrogens with one attached hydrogen (secondary N) is 1. The van der Waals surface area contributed by atoms with Gasteiger partial charge >= 0.3 is 0 Å². The van der Waals surface area contributed by atoms with Gasteiger partial charge in [0, 0.05) is 33.4 Å². The van der Waals surface area contributed by atoms with Crippen molar-refractivity contribution >= 4 is 32.7 Å². The number of aromatic amines is 1. The number of carbonyl (C=O) groups excluding carboxylic acids is 1. The molecule has 19 heavy (non-hydrogen) atoms. The predicted molar refractivity (Wildman–Crippen MR) is 73.6 cm³/mol. The van der Waals surface area contributed by atoms with E-state index in [1.165, 1.54) is 18.2 Å². The molecule has 3 aromatic rings. The van der Waals surface area contributed by atoms with Crippen LogP contribution in [0.25, 0.3) is 11.0 Å². The van der Waals surface area contributed by atoms with E-state index in [2.05, 4.69) is 25.9 Å². The van der Waals surface area contributed by atoms with Crippen molar-refractivity contribution < 1.29 is 9.18 Å². The molecule has 0 radical (unpaired) electrons. The summed E-state index contributed by atoms with van der Waals surface area (Å²) in [5.74, 6) is -0.657. The standard InChI is InChI=1S/C14H8BrFN2O/c15-9-5-11-12(7-18-14(11)17-6-9)13(19)8-2-1-3-10(16)4-8/h1-7H,(H,17,18). The summed E-state index contributed by atoms with van der Waals surface area (Å²) in [5, 5.41) is 0.712. The third-order valence-corrected chi connectivity index (χ3v) is 3.26. The van der Waals surface area contributed by atoms with Crippen LogP contribution in [0.5, 0.6) is 0 Å². The Kier molecular flexibility index (Phi) is 2.91. The molecule has 0 aliphatic rings. The van der Waals surface area contributed by atoms with Gasteiger partial charge < -0.3 is 4.98 Å². The van der Waals surface area contributed by atoms with Gasteiger partial charge in [-0.3, -0.25) is 4.79 Å². The fraction of sp³-hybridized carbons (Fsp3) is 0. The molecule has 0 spiro atoms. The number of aromatic nitrogens is 2. The highest BCUT2D eigenvalue weighted by molar-refractivity contribution is 9.10. The van der Waals surface area contributed by atoms with Gasteiger partial charge in [-0.1, -0.05) is 12.1 Å². The largest absolute Gasteiger partial charge is 0.345 e. The Labute approximate surface area is 116 Å². The number of ketones is 1. The first kappa shape index (κ1) is 12.0. The third-order valence-electron chi connectivity index (χ3n) is 2.83. The molecule has 0 bridgehead atoms. The van der Waals surface area contributed by atoms with Crippen LogP contribution >= 0.6 is 15.9 Å². The second-order valence-corrected chi connectivity index (χ2v) is 5.01. The molecule has 0 saturated heterocycles. The SMILES string of the molecule is O=C(c1cccc(F)c1)c1c[nH]c2ncc(Br)cc12. The molecule has 0 amide bonds. The lowest BCUT2D eigenvalue weighted by molar-refractivity contribution is 0.104. The first-order valence-electron chi connectivity index (χ1n) is 5.58. The molecule has 94 valence electrons. The Morgan fingerprint density at radius 2 is 2.16 bits per heavy atom. The van der Waals surface area contributed by atoms with Crippen molar-refractivity contribution in [2.24, 2.45) is 0 Å². The smallest absolute Gasteiger partial charge is 0.195 e. The van der Waals surface area contributed by atoms with Gasteiger partial charge in [0.2, 0.25) is 0 Å². The number of rotatable bonds is 2. The average Bonchev–Trinajstić information content (AvgIpc) is 2.80. The van der Waals surface area contributed by atoms with Gasteiger partial charge in [-0.2, -0.15) is 0 Å². The Morgan fingerprint density at radius 1 is 1.32 bits per heavy atom. The second-order valence-electron chi connectivity index (χ2n) is 4.09. The molecule has 0 saturated carbocycles. The summed E-state index contributed by atoms with van der Waals surface area (Å²) < 4.78 is 14.0. The van der Waals surface area contributed by atoms with Crippen molar-refractivity contribution in [2.45, 2.75) is 0 Å². The summed E-state index contributed by atoms with van der Waals surface area (Å²) >= 11 is 3.32. The molecule has 0 atom stereocenters. The van der Waals surface area contributed by atoms with E-state index in [4.69, 9.17) is 0 Å². The normalized spacial score (nSPS) is 10.8. The van der Waals surface area contributed by atoms with Crippen LogP contribution in [-0.4, -0.2) is 15.8 Å². The van der Waals surface area contributed by atoms with Crippen LogP contribution in [0.1, 0.15) is 15.9 Å². The van der Waals surface area contributed by atoms with E-state index in [1.54, 1.807) is 18.5 Å². The predicted octanol–water partition coefficient (Wildman–Crippen LogP) is 3.70. The van der Waals surface area contributed by atoms with Crippen LogP contribution in [0, 0.1) is 5.82 Å². The van der Waals surface area contributed by atoms with Crippen molar-refractivity contribution in [3.8, 4) is 0 Å². The van der Waals surface area contributed by atoms with Crippen LogP contribution in [0.3, 0.4) is 0 Å². The Balaban J connectivity index is 2.14.